The molecule has 2 aromatic rings. The molecule has 1 aromatic heterocycles. The van der Waals surface area contributed by atoms with Gasteiger partial charge in [0.1, 0.15) is 6.10 Å². The molecule has 0 unspecified atom stereocenters. The number of fused-ring (bicyclic) bond motifs is 1. The van der Waals surface area contributed by atoms with Crippen LogP contribution in [-0.4, -0.2) is 43.3 Å². The summed E-state index contributed by atoms with van der Waals surface area (Å²) in [6.07, 6.45) is 2.49. The average molecular weight is 387 g/mol. The molecule has 0 amide bonds. The van der Waals surface area contributed by atoms with Crippen LogP contribution < -0.4 is 9.47 Å². The second kappa shape index (κ2) is 6.00. The van der Waals surface area contributed by atoms with E-state index in [9.17, 15) is 8.42 Å². The van der Waals surface area contributed by atoms with Gasteiger partial charge in [0.25, 0.3) is 0 Å². The second-order valence-electron chi connectivity index (χ2n) is 5.18. The summed E-state index contributed by atoms with van der Waals surface area (Å²) in [5.74, 6) is 1.49. The molecule has 1 aliphatic heterocycles. The molecule has 1 saturated heterocycles. The molecular weight excluding hydrogens is 372 g/mol. The molecule has 0 N–H and O–H groups in total. The van der Waals surface area contributed by atoms with Crippen LogP contribution in [0.25, 0.3) is 10.9 Å². The Hall–Kier alpha value is -1.41. The number of aromatic nitrogens is 2. The lowest BCUT2D eigenvalue weighted by Gasteiger charge is -2.24. The number of methoxy groups -OCH3 is 1. The number of sulfone groups is 1. The van der Waals surface area contributed by atoms with Crippen molar-refractivity contribution in [3.05, 3.63) is 22.8 Å². The van der Waals surface area contributed by atoms with E-state index in [0.29, 0.717) is 29.9 Å². The fourth-order valence-electron chi connectivity index (χ4n) is 2.45. The SMILES string of the molecule is COc1cc2nncc(Br)c2cc1OC1CCS(=O)(=O)CC1. The topological polar surface area (TPSA) is 78.4 Å². The van der Waals surface area contributed by atoms with Crippen molar-refractivity contribution in [2.24, 2.45) is 0 Å². The number of ether oxygens (including phenoxy) is 2. The second-order valence-corrected chi connectivity index (χ2v) is 8.34. The Morgan fingerprint density at radius 2 is 1.95 bits per heavy atom. The molecule has 0 aliphatic carbocycles. The van der Waals surface area contributed by atoms with Gasteiger partial charge in [0, 0.05) is 15.9 Å². The summed E-state index contributed by atoms with van der Waals surface area (Å²) in [4.78, 5) is 0. The lowest BCUT2D eigenvalue weighted by atomic mass is 10.2. The van der Waals surface area contributed by atoms with Gasteiger partial charge < -0.3 is 9.47 Å². The molecule has 0 radical (unpaired) electrons. The van der Waals surface area contributed by atoms with Gasteiger partial charge >= 0.3 is 0 Å². The summed E-state index contributed by atoms with van der Waals surface area (Å²) in [6, 6.07) is 3.61. The summed E-state index contributed by atoms with van der Waals surface area (Å²) in [5.41, 5.74) is 0.699. The lowest BCUT2D eigenvalue weighted by Crippen LogP contribution is -2.30. The maximum absolute atomic E-state index is 11.5. The minimum Gasteiger partial charge on any atom is -0.493 e. The zero-order valence-corrected chi connectivity index (χ0v) is 14.4. The number of nitrogens with zero attached hydrogens (tertiary/aromatic N) is 2. The molecule has 22 heavy (non-hydrogen) atoms. The van der Waals surface area contributed by atoms with Crippen LogP contribution in [0.5, 0.6) is 11.5 Å². The van der Waals surface area contributed by atoms with Crippen molar-refractivity contribution in [3.63, 3.8) is 0 Å². The van der Waals surface area contributed by atoms with Gasteiger partial charge in [0.2, 0.25) is 0 Å². The van der Waals surface area contributed by atoms with Crippen molar-refractivity contribution in [3.8, 4) is 11.5 Å². The third-order valence-electron chi connectivity index (χ3n) is 3.67. The van der Waals surface area contributed by atoms with Crippen LogP contribution in [0.2, 0.25) is 0 Å². The third kappa shape index (κ3) is 3.17. The lowest BCUT2D eigenvalue weighted by molar-refractivity contribution is 0.182. The summed E-state index contributed by atoms with van der Waals surface area (Å²) in [6.45, 7) is 0. The predicted molar refractivity (Wildman–Crippen MR) is 86.1 cm³/mol. The fraction of sp³-hybridized carbons (Fsp3) is 0.429. The Bertz CT molecular complexity index is 796. The van der Waals surface area contributed by atoms with Crippen molar-refractivity contribution in [2.75, 3.05) is 18.6 Å². The zero-order chi connectivity index (χ0) is 15.7. The van der Waals surface area contributed by atoms with Gasteiger partial charge in [-0.3, -0.25) is 0 Å². The highest BCUT2D eigenvalue weighted by molar-refractivity contribution is 9.10. The van der Waals surface area contributed by atoms with Crippen molar-refractivity contribution in [1.82, 2.24) is 10.2 Å². The van der Waals surface area contributed by atoms with E-state index < -0.39 is 9.84 Å². The van der Waals surface area contributed by atoms with Gasteiger partial charge in [-0.2, -0.15) is 10.2 Å². The standard InChI is InChI=1S/C14H15BrN2O4S/c1-20-13-7-12-10(11(15)8-16-17-12)6-14(13)21-9-2-4-22(18,19)5-3-9/h6-9H,2-5H2,1H3. The van der Waals surface area contributed by atoms with E-state index >= 15 is 0 Å². The molecule has 0 saturated carbocycles. The Morgan fingerprint density at radius 1 is 1.23 bits per heavy atom. The smallest absolute Gasteiger partial charge is 0.163 e. The number of rotatable bonds is 3. The van der Waals surface area contributed by atoms with Crippen LogP contribution in [0.4, 0.5) is 0 Å². The third-order valence-corrected chi connectivity index (χ3v) is 6.02. The van der Waals surface area contributed by atoms with E-state index in [4.69, 9.17) is 9.47 Å². The van der Waals surface area contributed by atoms with Gasteiger partial charge in [-0.15, -0.1) is 0 Å². The Labute approximate surface area is 136 Å². The van der Waals surface area contributed by atoms with E-state index in [1.54, 1.807) is 19.4 Å². The molecule has 118 valence electrons. The molecule has 2 heterocycles. The highest BCUT2D eigenvalue weighted by Gasteiger charge is 2.25. The first-order valence-corrected chi connectivity index (χ1v) is 9.46. The van der Waals surface area contributed by atoms with Gasteiger partial charge in [0.15, 0.2) is 21.3 Å². The van der Waals surface area contributed by atoms with Crippen molar-refractivity contribution in [1.29, 1.82) is 0 Å². The van der Waals surface area contributed by atoms with E-state index in [1.165, 1.54) is 0 Å². The molecule has 1 aliphatic rings. The number of hydrogen-bond acceptors (Lipinski definition) is 6. The summed E-state index contributed by atoms with van der Waals surface area (Å²) < 4.78 is 35.1. The summed E-state index contributed by atoms with van der Waals surface area (Å²) in [7, 11) is -1.34. The summed E-state index contributed by atoms with van der Waals surface area (Å²) >= 11 is 3.44. The van der Waals surface area contributed by atoms with E-state index in [2.05, 4.69) is 26.1 Å². The Morgan fingerprint density at radius 3 is 2.64 bits per heavy atom. The number of halogens is 1. The number of benzene rings is 1. The molecule has 6 nitrogen and oxygen atoms in total. The van der Waals surface area contributed by atoms with E-state index in [1.807, 2.05) is 6.07 Å². The van der Waals surface area contributed by atoms with Crippen molar-refractivity contribution in [2.45, 2.75) is 18.9 Å². The predicted octanol–water partition coefficient (Wildman–Crippen LogP) is 2.36. The number of hydrogen-bond donors (Lipinski definition) is 0. The molecule has 3 rings (SSSR count). The Balaban J connectivity index is 1.91. The van der Waals surface area contributed by atoms with Crippen LogP contribution in [0.3, 0.4) is 0 Å². The molecule has 0 atom stereocenters. The maximum atomic E-state index is 11.5. The highest BCUT2D eigenvalue weighted by Crippen LogP contribution is 2.35. The quantitative estimate of drug-likeness (QED) is 0.805. The molecule has 0 spiro atoms. The molecule has 1 fully saturated rings. The van der Waals surface area contributed by atoms with Gasteiger partial charge in [-0.05, 0) is 34.8 Å². The molecule has 1 aromatic carbocycles. The minimum atomic E-state index is -2.90. The molecule has 8 heteroatoms. The minimum absolute atomic E-state index is 0.122. The summed E-state index contributed by atoms with van der Waals surface area (Å²) in [5, 5.41) is 8.82. The maximum Gasteiger partial charge on any atom is 0.163 e. The highest BCUT2D eigenvalue weighted by atomic mass is 79.9. The fourth-order valence-corrected chi connectivity index (χ4v) is 4.31. The van der Waals surface area contributed by atoms with Gasteiger partial charge in [0.05, 0.1) is 30.3 Å². The van der Waals surface area contributed by atoms with Crippen molar-refractivity contribution < 1.29 is 17.9 Å². The van der Waals surface area contributed by atoms with Crippen LogP contribution in [0.15, 0.2) is 22.8 Å². The first-order valence-electron chi connectivity index (χ1n) is 6.84. The van der Waals surface area contributed by atoms with Crippen LogP contribution in [0, 0.1) is 0 Å². The van der Waals surface area contributed by atoms with Gasteiger partial charge in [-0.25, -0.2) is 8.42 Å². The van der Waals surface area contributed by atoms with Crippen LogP contribution >= 0.6 is 15.9 Å². The molecular formula is C14H15BrN2O4S. The van der Waals surface area contributed by atoms with E-state index in [-0.39, 0.29) is 17.6 Å². The average Bonchev–Trinajstić information content (AvgIpc) is 2.49. The Kier molecular flexibility index (Phi) is 4.22. The van der Waals surface area contributed by atoms with Crippen LogP contribution in [0.1, 0.15) is 12.8 Å². The normalized spacial score (nSPS) is 18.3. The largest absolute Gasteiger partial charge is 0.493 e. The van der Waals surface area contributed by atoms with Crippen LogP contribution in [-0.2, 0) is 9.84 Å². The monoisotopic (exact) mass is 386 g/mol. The molecule has 0 bridgehead atoms. The van der Waals surface area contributed by atoms with Gasteiger partial charge in [-0.1, -0.05) is 0 Å². The van der Waals surface area contributed by atoms with Crippen molar-refractivity contribution >= 4 is 36.7 Å². The zero-order valence-electron chi connectivity index (χ0n) is 12.0. The first-order chi connectivity index (χ1) is 10.5. The first kappa shape index (κ1) is 15.5. The van der Waals surface area contributed by atoms with E-state index in [0.717, 1.165) is 9.86 Å².